The summed E-state index contributed by atoms with van der Waals surface area (Å²) < 4.78 is 11.6. The molecule has 0 radical (unpaired) electrons. The maximum atomic E-state index is 12.7. The van der Waals surface area contributed by atoms with Crippen LogP contribution in [-0.2, 0) is 17.8 Å². The average molecular weight is 444 g/mol. The summed E-state index contributed by atoms with van der Waals surface area (Å²) in [5, 5.41) is 3.49. The molecule has 8 heteroatoms. The van der Waals surface area contributed by atoms with E-state index in [0.29, 0.717) is 6.54 Å². The lowest BCUT2D eigenvalue weighted by Crippen LogP contribution is -2.57. The van der Waals surface area contributed by atoms with Crippen LogP contribution in [0, 0.1) is 0 Å². The van der Waals surface area contributed by atoms with E-state index < -0.39 is 0 Å². The molecule has 2 atom stereocenters. The first-order chi connectivity index (χ1) is 15.5. The van der Waals surface area contributed by atoms with Gasteiger partial charge >= 0.3 is 0 Å². The highest BCUT2D eigenvalue weighted by Crippen LogP contribution is 2.35. The topological polar surface area (TPSA) is 69.6 Å². The predicted molar refractivity (Wildman–Crippen MR) is 125 cm³/mol. The smallest absolute Gasteiger partial charge is 0.239 e. The van der Waals surface area contributed by atoms with Gasteiger partial charge in [-0.1, -0.05) is 0 Å². The van der Waals surface area contributed by atoms with E-state index in [1.165, 1.54) is 5.56 Å². The van der Waals surface area contributed by atoms with Crippen LogP contribution in [-0.4, -0.2) is 92.1 Å². The Balaban J connectivity index is 1.32. The fraction of sp³-hybridized carbons (Fsp3) is 0.667. The third-order valence-corrected chi connectivity index (χ3v) is 6.88. The highest BCUT2D eigenvalue weighted by molar-refractivity contribution is 5.82. The van der Waals surface area contributed by atoms with E-state index in [1.807, 2.05) is 18.9 Å². The zero-order chi connectivity index (χ0) is 22.7. The summed E-state index contributed by atoms with van der Waals surface area (Å²) in [6.45, 7) is 9.98. The van der Waals surface area contributed by atoms with Gasteiger partial charge in [-0.3, -0.25) is 14.7 Å². The molecule has 0 spiro atoms. The number of nitrogens with one attached hydrogen (secondary N) is 1. The Morgan fingerprint density at radius 1 is 1.19 bits per heavy atom. The van der Waals surface area contributed by atoms with E-state index in [4.69, 9.17) is 9.47 Å². The van der Waals surface area contributed by atoms with Crippen LogP contribution < -0.4 is 14.8 Å². The molecule has 0 bridgehead atoms. The number of piperazine rings is 1. The van der Waals surface area contributed by atoms with Crippen LogP contribution in [0.1, 0.15) is 37.8 Å². The highest BCUT2D eigenvalue weighted by atomic mass is 16.5. The first kappa shape index (κ1) is 22.7. The Bertz CT molecular complexity index is 844. The molecular formula is C24H37N5O3. The van der Waals surface area contributed by atoms with Crippen LogP contribution >= 0.6 is 0 Å². The average Bonchev–Trinajstić information content (AvgIpc) is 3.47. The number of guanidine groups is 1. The summed E-state index contributed by atoms with van der Waals surface area (Å²) in [4.78, 5) is 23.8. The molecule has 1 amide bonds. The molecule has 4 rings (SSSR count). The van der Waals surface area contributed by atoms with Gasteiger partial charge in [0.05, 0.1) is 13.2 Å². The minimum absolute atomic E-state index is 0.0525. The number of benzene rings is 1. The lowest BCUT2D eigenvalue weighted by molar-refractivity contribution is -0.135. The third kappa shape index (κ3) is 4.80. The number of carbonyl (C=O) groups excluding carboxylic acids is 1. The molecule has 3 heterocycles. The van der Waals surface area contributed by atoms with Crippen LogP contribution in [0.25, 0.3) is 0 Å². The summed E-state index contributed by atoms with van der Waals surface area (Å²) in [7, 11) is 3.53. The number of hydrogen-bond acceptors (Lipinski definition) is 5. The molecule has 32 heavy (non-hydrogen) atoms. The van der Waals surface area contributed by atoms with Gasteiger partial charge in [0.2, 0.25) is 5.91 Å². The second-order valence-electron chi connectivity index (χ2n) is 9.04. The molecular weight excluding hydrogens is 406 g/mol. The van der Waals surface area contributed by atoms with Crippen molar-refractivity contribution in [2.45, 2.75) is 51.8 Å². The highest BCUT2D eigenvalue weighted by Gasteiger charge is 2.30. The standard InChI is InChI=1S/C24H37N5O3/c1-17-13-19-14-21(31-4)20(15-22(19)32-17)16-26-24(25-3)29-11-9-27(10-12-29)18(2)23(30)28-7-5-6-8-28/h14-15,17-18H,5-13,16H2,1-4H3,(H,25,26). The number of aliphatic imine (C=N–C) groups is 1. The molecule has 0 aromatic heterocycles. The minimum atomic E-state index is -0.0525. The fourth-order valence-electron chi connectivity index (χ4n) is 5.00. The Hall–Kier alpha value is -2.48. The Labute approximate surface area is 191 Å². The number of hydrogen-bond donors (Lipinski definition) is 1. The summed E-state index contributed by atoms with van der Waals surface area (Å²) in [5.74, 6) is 2.98. The molecule has 1 aromatic carbocycles. The van der Waals surface area contributed by atoms with Gasteiger partial charge in [0.15, 0.2) is 5.96 Å². The summed E-state index contributed by atoms with van der Waals surface area (Å²) in [6, 6.07) is 4.13. The zero-order valence-corrected chi connectivity index (χ0v) is 19.9. The van der Waals surface area contributed by atoms with Gasteiger partial charge in [-0.25, -0.2) is 0 Å². The second kappa shape index (κ2) is 9.98. The SMILES string of the molecule is CN=C(NCc1cc2c(cc1OC)CC(C)O2)N1CCN(C(C)C(=O)N2CCCC2)CC1. The fourth-order valence-corrected chi connectivity index (χ4v) is 5.00. The molecule has 2 fully saturated rings. The molecule has 1 N–H and O–H groups in total. The lowest BCUT2D eigenvalue weighted by Gasteiger charge is -2.39. The Kier molecular flexibility index (Phi) is 7.08. The molecule has 3 aliphatic rings. The van der Waals surface area contributed by atoms with E-state index in [-0.39, 0.29) is 18.1 Å². The summed E-state index contributed by atoms with van der Waals surface area (Å²) in [5.41, 5.74) is 2.26. The normalized spacial score (nSPS) is 22.5. The maximum absolute atomic E-state index is 12.7. The number of likely N-dealkylation sites (tertiary alicyclic amines) is 1. The van der Waals surface area contributed by atoms with Gasteiger partial charge in [0.1, 0.15) is 17.6 Å². The summed E-state index contributed by atoms with van der Waals surface area (Å²) >= 11 is 0. The van der Waals surface area contributed by atoms with Crippen LogP contribution in [0.5, 0.6) is 11.5 Å². The van der Waals surface area contributed by atoms with Crippen LogP contribution in [0.2, 0.25) is 0 Å². The molecule has 2 unspecified atom stereocenters. The number of fused-ring (bicyclic) bond motifs is 1. The molecule has 0 saturated carbocycles. The predicted octanol–water partition coefficient (Wildman–Crippen LogP) is 1.72. The number of ether oxygens (including phenoxy) is 2. The second-order valence-corrected chi connectivity index (χ2v) is 9.04. The van der Waals surface area contributed by atoms with Crippen molar-refractivity contribution in [2.75, 3.05) is 53.4 Å². The van der Waals surface area contributed by atoms with E-state index >= 15 is 0 Å². The molecule has 0 aliphatic carbocycles. The van der Waals surface area contributed by atoms with Crippen molar-refractivity contribution in [2.24, 2.45) is 4.99 Å². The first-order valence-electron chi connectivity index (χ1n) is 11.8. The Morgan fingerprint density at radius 2 is 1.91 bits per heavy atom. The van der Waals surface area contributed by atoms with Gasteiger partial charge in [-0.05, 0) is 38.8 Å². The third-order valence-electron chi connectivity index (χ3n) is 6.88. The largest absolute Gasteiger partial charge is 0.496 e. The van der Waals surface area contributed by atoms with Crippen molar-refractivity contribution < 1.29 is 14.3 Å². The van der Waals surface area contributed by atoms with E-state index in [2.05, 4.69) is 39.2 Å². The number of carbonyl (C=O) groups is 1. The molecule has 8 nitrogen and oxygen atoms in total. The van der Waals surface area contributed by atoms with Crippen LogP contribution in [0.3, 0.4) is 0 Å². The van der Waals surface area contributed by atoms with Crippen molar-refractivity contribution in [1.29, 1.82) is 0 Å². The first-order valence-corrected chi connectivity index (χ1v) is 11.8. The van der Waals surface area contributed by atoms with E-state index in [9.17, 15) is 4.79 Å². The van der Waals surface area contributed by atoms with Gasteiger partial charge in [-0.15, -0.1) is 0 Å². The van der Waals surface area contributed by atoms with E-state index in [1.54, 1.807) is 7.11 Å². The van der Waals surface area contributed by atoms with Crippen molar-refractivity contribution in [1.82, 2.24) is 20.0 Å². The van der Waals surface area contributed by atoms with Gasteiger partial charge in [-0.2, -0.15) is 0 Å². The van der Waals surface area contributed by atoms with E-state index in [0.717, 1.165) is 81.6 Å². The number of nitrogens with zero attached hydrogens (tertiary/aromatic N) is 4. The van der Waals surface area contributed by atoms with Gasteiger partial charge < -0.3 is 24.6 Å². The van der Waals surface area contributed by atoms with Gasteiger partial charge in [0, 0.05) is 70.4 Å². The minimum Gasteiger partial charge on any atom is -0.496 e. The number of rotatable bonds is 5. The van der Waals surface area contributed by atoms with Crippen molar-refractivity contribution >= 4 is 11.9 Å². The number of methoxy groups -OCH3 is 1. The van der Waals surface area contributed by atoms with Crippen LogP contribution in [0.15, 0.2) is 17.1 Å². The molecule has 176 valence electrons. The van der Waals surface area contributed by atoms with Gasteiger partial charge in [0.25, 0.3) is 0 Å². The lowest BCUT2D eigenvalue weighted by atomic mass is 10.1. The van der Waals surface area contributed by atoms with Crippen molar-refractivity contribution in [3.8, 4) is 11.5 Å². The quantitative estimate of drug-likeness (QED) is 0.552. The number of amides is 1. The van der Waals surface area contributed by atoms with Crippen molar-refractivity contribution in [3.05, 3.63) is 23.3 Å². The molecule has 3 aliphatic heterocycles. The molecule has 1 aromatic rings. The monoisotopic (exact) mass is 443 g/mol. The Morgan fingerprint density at radius 3 is 2.56 bits per heavy atom. The van der Waals surface area contributed by atoms with Crippen molar-refractivity contribution in [3.63, 3.8) is 0 Å². The maximum Gasteiger partial charge on any atom is 0.239 e. The summed E-state index contributed by atoms with van der Waals surface area (Å²) in [6.07, 6.45) is 3.40. The van der Waals surface area contributed by atoms with Crippen LogP contribution in [0.4, 0.5) is 0 Å². The zero-order valence-electron chi connectivity index (χ0n) is 19.9. The molecule has 2 saturated heterocycles.